The Morgan fingerprint density at radius 2 is 2.29 bits per heavy atom. The van der Waals surface area contributed by atoms with Gasteiger partial charge in [0.05, 0.1) is 8.66 Å². The van der Waals surface area contributed by atoms with Crippen molar-refractivity contribution in [1.29, 1.82) is 0 Å². The molecule has 0 saturated carbocycles. The molecule has 0 aromatic carbocycles. The molecular weight excluding hydrogens is 318 g/mol. The van der Waals surface area contributed by atoms with Crippen molar-refractivity contribution in [3.05, 3.63) is 20.3 Å². The lowest BCUT2D eigenvalue weighted by molar-refractivity contribution is 0.0748. The van der Waals surface area contributed by atoms with E-state index in [0.29, 0.717) is 6.04 Å². The third-order valence-electron chi connectivity index (χ3n) is 2.77. The van der Waals surface area contributed by atoms with Crippen molar-refractivity contribution in [3.8, 4) is 0 Å². The summed E-state index contributed by atoms with van der Waals surface area (Å²) in [5.41, 5.74) is 1.13. The average molecular weight is 336 g/mol. The zero-order valence-corrected chi connectivity index (χ0v) is 13.8. The lowest BCUT2D eigenvalue weighted by Crippen LogP contribution is -2.37. The first-order valence-corrected chi connectivity index (χ1v) is 8.53. The molecule has 1 atom stereocenters. The topological polar surface area (TPSA) is 20.3 Å². The minimum absolute atomic E-state index is 0.129. The van der Waals surface area contributed by atoms with E-state index in [0.717, 1.165) is 26.4 Å². The normalized spacial score (nSPS) is 12.5. The largest absolute Gasteiger partial charge is 0.337 e. The Balaban J connectivity index is 2.81. The van der Waals surface area contributed by atoms with E-state index in [9.17, 15) is 4.79 Å². The van der Waals surface area contributed by atoms with Gasteiger partial charge < -0.3 is 4.90 Å². The van der Waals surface area contributed by atoms with E-state index in [-0.39, 0.29) is 5.91 Å². The smallest absolute Gasteiger partial charge is 0.263 e. The molecule has 0 spiro atoms. The third-order valence-corrected chi connectivity index (χ3v) is 5.61. The first-order valence-electron chi connectivity index (χ1n) is 5.53. The lowest BCUT2D eigenvalue weighted by Gasteiger charge is -2.26. The van der Waals surface area contributed by atoms with Crippen molar-refractivity contribution >= 4 is 44.9 Å². The zero-order chi connectivity index (χ0) is 13.0. The lowest BCUT2D eigenvalue weighted by atomic mass is 10.2. The minimum atomic E-state index is 0.129. The predicted molar refractivity (Wildman–Crippen MR) is 81.3 cm³/mol. The molecule has 1 aromatic heterocycles. The van der Waals surface area contributed by atoms with Crippen LogP contribution in [-0.4, -0.2) is 35.9 Å². The molecule has 1 unspecified atom stereocenters. The van der Waals surface area contributed by atoms with Crippen molar-refractivity contribution in [2.24, 2.45) is 0 Å². The van der Waals surface area contributed by atoms with Gasteiger partial charge in [0, 0.05) is 18.8 Å². The zero-order valence-electron chi connectivity index (χ0n) is 10.6. The number of aryl methyl sites for hydroxylation is 1. The van der Waals surface area contributed by atoms with E-state index in [1.165, 1.54) is 11.3 Å². The molecule has 1 rings (SSSR count). The van der Waals surface area contributed by atoms with Crippen molar-refractivity contribution in [2.75, 3.05) is 19.1 Å². The van der Waals surface area contributed by atoms with Gasteiger partial charge in [0.1, 0.15) is 0 Å². The fourth-order valence-corrected chi connectivity index (χ4v) is 3.96. The summed E-state index contributed by atoms with van der Waals surface area (Å²) in [5.74, 6) is 1.12. The van der Waals surface area contributed by atoms with Crippen LogP contribution in [0.1, 0.15) is 28.6 Å². The van der Waals surface area contributed by atoms with E-state index in [4.69, 9.17) is 0 Å². The molecule has 0 aliphatic carbocycles. The van der Waals surface area contributed by atoms with Gasteiger partial charge in [-0.2, -0.15) is 11.8 Å². The first-order chi connectivity index (χ1) is 8.01. The number of carbonyl (C=O) groups excluding carboxylic acids is 1. The molecule has 0 N–H and O–H groups in total. The second kappa shape index (κ2) is 6.81. The molecule has 0 aliphatic rings. The fourth-order valence-electron chi connectivity index (χ4n) is 1.60. The van der Waals surface area contributed by atoms with Crippen LogP contribution in [0.2, 0.25) is 0 Å². The standard InChI is InChI=1S/C12H18BrNOS2/c1-5-9(7-16-4)14(3)12(15)10-6-8(2)11(13)17-10/h6,9H,5,7H2,1-4H3. The highest BCUT2D eigenvalue weighted by Gasteiger charge is 2.21. The SMILES string of the molecule is CCC(CSC)N(C)C(=O)c1cc(C)c(Br)s1. The molecule has 1 amide bonds. The molecule has 96 valence electrons. The Morgan fingerprint density at radius 1 is 1.65 bits per heavy atom. The molecule has 0 radical (unpaired) electrons. The third kappa shape index (κ3) is 3.73. The summed E-state index contributed by atoms with van der Waals surface area (Å²) in [6.07, 6.45) is 3.07. The highest BCUT2D eigenvalue weighted by Crippen LogP contribution is 2.28. The Kier molecular flexibility index (Phi) is 6.03. The first kappa shape index (κ1) is 15.1. The monoisotopic (exact) mass is 335 g/mol. The van der Waals surface area contributed by atoms with Crippen LogP contribution in [0.15, 0.2) is 9.85 Å². The molecule has 17 heavy (non-hydrogen) atoms. The van der Waals surface area contributed by atoms with Crippen LogP contribution in [0.25, 0.3) is 0 Å². The van der Waals surface area contributed by atoms with Crippen molar-refractivity contribution in [2.45, 2.75) is 26.3 Å². The number of hydrogen-bond donors (Lipinski definition) is 0. The van der Waals surface area contributed by atoms with E-state index in [1.807, 2.05) is 24.9 Å². The van der Waals surface area contributed by atoms with Gasteiger partial charge in [0.2, 0.25) is 0 Å². The van der Waals surface area contributed by atoms with Crippen LogP contribution in [0.4, 0.5) is 0 Å². The summed E-state index contributed by atoms with van der Waals surface area (Å²) >= 11 is 6.76. The van der Waals surface area contributed by atoms with Gasteiger partial charge >= 0.3 is 0 Å². The predicted octanol–water partition coefficient (Wildman–Crippen LogP) is 4.03. The van der Waals surface area contributed by atoms with Gasteiger partial charge in [-0.05, 0) is 47.2 Å². The molecule has 1 heterocycles. The second-order valence-electron chi connectivity index (χ2n) is 4.00. The van der Waals surface area contributed by atoms with Crippen LogP contribution < -0.4 is 0 Å². The van der Waals surface area contributed by atoms with E-state index < -0.39 is 0 Å². The highest BCUT2D eigenvalue weighted by molar-refractivity contribution is 9.11. The van der Waals surface area contributed by atoms with E-state index >= 15 is 0 Å². The van der Waals surface area contributed by atoms with Gasteiger partial charge in [-0.15, -0.1) is 11.3 Å². The number of thiophene rings is 1. The molecule has 0 saturated heterocycles. The van der Waals surface area contributed by atoms with Crippen molar-refractivity contribution in [3.63, 3.8) is 0 Å². The maximum absolute atomic E-state index is 12.3. The van der Waals surface area contributed by atoms with Crippen LogP contribution >= 0.6 is 39.0 Å². The molecule has 0 fully saturated rings. The number of thioether (sulfide) groups is 1. The van der Waals surface area contributed by atoms with Crippen molar-refractivity contribution in [1.82, 2.24) is 4.90 Å². The Labute approximate surface area is 120 Å². The number of rotatable bonds is 5. The summed E-state index contributed by atoms with van der Waals surface area (Å²) < 4.78 is 1.05. The summed E-state index contributed by atoms with van der Waals surface area (Å²) in [4.78, 5) is 15.0. The Hall–Kier alpha value is -0.0000000000000000833. The summed E-state index contributed by atoms with van der Waals surface area (Å²) in [5, 5.41) is 0. The van der Waals surface area contributed by atoms with Gasteiger partial charge in [0.25, 0.3) is 5.91 Å². The average Bonchev–Trinajstić information content (AvgIpc) is 2.64. The van der Waals surface area contributed by atoms with Crippen LogP contribution in [0.5, 0.6) is 0 Å². The number of nitrogens with zero attached hydrogens (tertiary/aromatic N) is 1. The quantitative estimate of drug-likeness (QED) is 0.809. The van der Waals surface area contributed by atoms with Crippen LogP contribution in [0.3, 0.4) is 0 Å². The Bertz CT molecular complexity index is 372. The number of carbonyl (C=O) groups is 1. The maximum atomic E-state index is 12.3. The Morgan fingerprint density at radius 3 is 2.71 bits per heavy atom. The van der Waals surface area contributed by atoms with Crippen LogP contribution in [-0.2, 0) is 0 Å². The highest BCUT2D eigenvalue weighted by atomic mass is 79.9. The molecule has 0 aliphatic heterocycles. The summed E-state index contributed by atoms with van der Waals surface area (Å²) in [6, 6.07) is 2.28. The van der Waals surface area contributed by atoms with Gasteiger partial charge in [-0.25, -0.2) is 0 Å². The molecule has 2 nitrogen and oxygen atoms in total. The summed E-state index contributed by atoms with van der Waals surface area (Å²) in [7, 11) is 1.90. The summed E-state index contributed by atoms with van der Waals surface area (Å²) in [6.45, 7) is 4.14. The fraction of sp³-hybridized carbons (Fsp3) is 0.583. The van der Waals surface area contributed by atoms with E-state index in [1.54, 1.807) is 11.8 Å². The number of hydrogen-bond acceptors (Lipinski definition) is 3. The van der Waals surface area contributed by atoms with E-state index in [2.05, 4.69) is 29.1 Å². The number of halogens is 1. The maximum Gasteiger partial charge on any atom is 0.263 e. The second-order valence-corrected chi connectivity index (χ2v) is 7.28. The van der Waals surface area contributed by atoms with Gasteiger partial charge in [-0.3, -0.25) is 4.79 Å². The number of amides is 1. The molecule has 5 heteroatoms. The van der Waals surface area contributed by atoms with Gasteiger partial charge in [-0.1, -0.05) is 6.92 Å². The molecular formula is C12H18BrNOS2. The minimum Gasteiger partial charge on any atom is -0.337 e. The molecule has 0 bridgehead atoms. The van der Waals surface area contributed by atoms with Crippen LogP contribution in [0, 0.1) is 6.92 Å². The van der Waals surface area contributed by atoms with Crippen molar-refractivity contribution < 1.29 is 4.79 Å². The molecule has 1 aromatic rings. The van der Waals surface area contributed by atoms with Gasteiger partial charge in [0.15, 0.2) is 0 Å².